The molecular weight excluding hydrogens is 176 g/mol. The largest absolute Gasteiger partial charge is 0.385 e. The predicted octanol–water partition coefficient (Wildman–Crippen LogP) is 2.81. The van der Waals surface area contributed by atoms with Gasteiger partial charge in [0.2, 0.25) is 0 Å². The summed E-state index contributed by atoms with van der Waals surface area (Å²) in [5.41, 5.74) is 0. The zero-order chi connectivity index (χ0) is 10.4. The Morgan fingerprint density at radius 1 is 1.43 bits per heavy atom. The molecule has 0 N–H and O–H groups in total. The van der Waals surface area contributed by atoms with Crippen LogP contribution in [0.3, 0.4) is 0 Å². The number of hydrogen-bond donors (Lipinski definition) is 0. The molecule has 0 heterocycles. The highest BCUT2D eigenvalue weighted by atomic mass is 16.5. The topological polar surface area (TPSA) is 26.3 Å². The van der Waals surface area contributed by atoms with Crippen LogP contribution >= 0.6 is 0 Å². The molecule has 1 fully saturated rings. The molecule has 0 aromatic carbocycles. The second kappa shape index (κ2) is 6.18. The second-order valence-corrected chi connectivity index (χ2v) is 4.30. The number of carbonyl (C=O) groups excluding carboxylic acids is 1. The van der Waals surface area contributed by atoms with Crippen LogP contribution in [0.1, 0.15) is 45.4 Å². The summed E-state index contributed by atoms with van der Waals surface area (Å²) in [6.45, 7) is 2.89. The van der Waals surface area contributed by atoms with E-state index >= 15 is 0 Å². The van der Waals surface area contributed by atoms with E-state index in [1.54, 1.807) is 7.11 Å². The lowest BCUT2D eigenvalue weighted by Gasteiger charge is -2.17. The molecular formula is C12H22O2. The monoisotopic (exact) mass is 198 g/mol. The number of Topliss-reactive ketones (excluding diaryl/α,β-unsaturated/α-hetero) is 1. The average Bonchev–Trinajstić information content (AvgIpc) is 2.63. The van der Waals surface area contributed by atoms with Crippen molar-refractivity contribution in [3.63, 3.8) is 0 Å². The van der Waals surface area contributed by atoms with Crippen molar-refractivity contribution in [2.75, 3.05) is 13.7 Å². The van der Waals surface area contributed by atoms with E-state index in [0.717, 1.165) is 32.3 Å². The molecule has 0 amide bonds. The van der Waals surface area contributed by atoms with Crippen molar-refractivity contribution in [1.29, 1.82) is 0 Å². The molecule has 2 nitrogen and oxygen atoms in total. The van der Waals surface area contributed by atoms with Crippen LogP contribution in [0.4, 0.5) is 0 Å². The lowest BCUT2D eigenvalue weighted by atomic mass is 9.88. The molecule has 0 aromatic heterocycles. The Kier molecular flexibility index (Phi) is 5.16. The van der Waals surface area contributed by atoms with Crippen LogP contribution in [0, 0.1) is 11.8 Å². The molecule has 0 aromatic rings. The number of methoxy groups -OCH3 is 1. The highest BCUT2D eigenvalue weighted by Crippen LogP contribution is 2.35. The van der Waals surface area contributed by atoms with Crippen LogP contribution in [0.25, 0.3) is 0 Å². The Bertz CT molecular complexity index is 177. The van der Waals surface area contributed by atoms with E-state index in [4.69, 9.17) is 4.74 Å². The Balaban J connectivity index is 2.38. The maximum Gasteiger partial charge on any atom is 0.136 e. The summed E-state index contributed by atoms with van der Waals surface area (Å²) in [6, 6.07) is 0. The molecule has 82 valence electrons. The molecule has 2 atom stereocenters. The Morgan fingerprint density at radius 2 is 2.21 bits per heavy atom. The van der Waals surface area contributed by atoms with Gasteiger partial charge in [-0.05, 0) is 31.6 Å². The molecule has 2 unspecified atom stereocenters. The maximum atomic E-state index is 11.8. The number of rotatable bonds is 6. The van der Waals surface area contributed by atoms with Crippen molar-refractivity contribution in [3.05, 3.63) is 0 Å². The molecule has 0 spiro atoms. The third kappa shape index (κ3) is 3.09. The summed E-state index contributed by atoms with van der Waals surface area (Å²) in [5.74, 6) is 1.45. The Labute approximate surface area is 87.0 Å². The van der Waals surface area contributed by atoms with E-state index in [1.165, 1.54) is 12.8 Å². The maximum absolute atomic E-state index is 11.8. The van der Waals surface area contributed by atoms with Crippen molar-refractivity contribution in [2.24, 2.45) is 11.8 Å². The average molecular weight is 198 g/mol. The molecule has 1 saturated carbocycles. The normalized spacial score (nSPS) is 26.7. The zero-order valence-electron chi connectivity index (χ0n) is 9.42. The van der Waals surface area contributed by atoms with Gasteiger partial charge in [0.25, 0.3) is 0 Å². The minimum Gasteiger partial charge on any atom is -0.385 e. The minimum atomic E-state index is 0.352. The van der Waals surface area contributed by atoms with Gasteiger partial charge in [-0.1, -0.05) is 13.3 Å². The van der Waals surface area contributed by atoms with Crippen molar-refractivity contribution >= 4 is 5.78 Å². The molecule has 1 aliphatic rings. The first-order chi connectivity index (χ1) is 6.79. The van der Waals surface area contributed by atoms with Crippen LogP contribution in [-0.2, 0) is 9.53 Å². The molecule has 14 heavy (non-hydrogen) atoms. The summed E-state index contributed by atoms with van der Waals surface area (Å²) < 4.78 is 5.08. The number of ketones is 1. The van der Waals surface area contributed by atoms with Crippen molar-refractivity contribution in [2.45, 2.75) is 45.4 Å². The van der Waals surface area contributed by atoms with Crippen LogP contribution in [-0.4, -0.2) is 19.5 Å². The number of hydrogen-bond acceptors (Lipinski definition) is 2. The van der Waals surface area contributed by atoms with Gasteiger partial charge in [0, 0.05) is 26.1 Å². The van der Waals surface area contributed by atoms with Gasteiger partial charge in [-0.25, -0.2) is 0 Å². The first-order valence-electron chi connectivity index (χ1n) is 5.81. The first-order valence-corrected chi connectivity index (χ1v) is 5.81. The standard InChI is InChI=1S/C12H22O2/c1-3-5-12(13)11-7-4-6-10(11)8-9-14-2/h10-11H,3-9H2,1-2H3. The van der Waals surface area contributed by atoms with Crippen LogP contribution < -0.4 is 0 Å². The van der Waals surface area contributed by atoms with Gasteiger partial charge in [0.05, 0.1) is 0 Å². The van der Waals surface area contributed by atoms with Crippen molar-refractivity contribution in [3.8, 4) is 0 Å². The van der Waals surface area contributed by atoms with Gasteiger partial charge in [-0.15, -0.1) is 0 Å². The highest BCUT2D eigenvalue weighted by molar-refractivity contribution is 5.81. The SMILES string of the molecule is CCCC(=O)C1CCCC1CCOC. The fourth-order valence-corrected chi connectivity index (χ4v) is 2.51. The summed E-state index contributed by atoms with van der Waals surface area (Å²) in [6.07, 6.45) is 6.41. The van der Waals surface area contributed by atoms with E-state index in [2.05, 4.69) is 6.92 Å². The molecule has 0 saturated heterocycles. The highest BCUT2D eigenvalue weighted by Gasteiger charge is 2.31. The smallest absolute Gasteiger partial charge is 0.136 e. The molecule has 0 bridgehead atoms. The summed E-state index contributed by atoms with van der Waals surface area (Å²) in [5, 5.41) is 0. The van der Waals surface area contributed by atoms with Crippen molar-refractivity contribution < 1.29 is 9.53 Å². The predicted molar refractivity (Wildman–Crippen MR) is 57.2 cm³/mol. The minimum absolute atomic E-state index is 0.352. The fraction of sp³-hybridized carbons (Fsp3) is 0.917. The zero-order valence-corrected chi connectivity index (χ0v) is 9.42. The Hall–Kier alpha value is -0.370. The van der Waals surface area contributed by atoms with Gasteiger partial charge in [-0.2, -0.15) is 0 Å². The van der Waals surface area contributed by atoms with Gasteiger partial charge in [0.15, 0.2) is 0 Å². The van der Waals surface area contributed by atoms with Gasteiger partial charge in [-0.3, -0.25) is 4.79 Å². The molecule has 1 aliphatic carbocycles. The summed E-state index contributed by atoms with van der Waals surface area (Å²) >= 11 is 0. The van der Waals surface area contributed by atoms with Gasteiger partial charge in [0.1, 0.15) is 5.78 Å². The molecule has 0 aliphatic heterocycles. The van der Waals surface area contributed by atoms with E-state index in [9.17, 15) is 4.79 Å². The molecule has 2 heteroatoms. The third-order valence-corrected chi connectivity index (χ3v) is 3.26. The number of carbonyl (C=O) groups is 1. The van der Waals surface area contributed by atoms with Crippen molar-refractivity contribution in [1.82, 2.24) is 0 Å². The Morgan fingerprint density at radius 3 is 2.86 bits per heavy atom. The molecule has 1 rings (SSSR count). The van der Waals surface area contributed by atoms with Crippen LogP contribution in [0.5, 0.6) is 0 Å². The van der Waals surface area contributed by atoms with Gasteiger partial charge < -0.3 is 4.74 Å². The van der Waals surface area contributed by atoms with Crippen LogP contribution in [0.2, 0.25) is 0 Å². The summed E-state index contributed by atoms with van der Waals surface area (Å²) in [4.78, 5) is 11.8. The molecule has 0 radical (unpaired) electrons. The lowest BCUT2D eigenvalue weighted by Crippen LogP contribution is -2.19. The summed E-state index contributed by atoms with van der Waals surface area (Å²) in [7, 11) is 1.73. The lowest BCUT2D eigenvalue weighted by molar-refractivity contribution is -0.124. The van der Waals surface area contributed by atoms with E-state index in [1.807, 2.05) is 0 Å². The first kappa shape index (κ1) is 11.7. The quantitative estimate of drug-likeness (QED) is 0.656. The van der Waals surface area contributed by atoms with E-state index < -0.39 is 0 Å². The van der Waals surface area contributed by atoms with E-state index in [-0.39, 0.29) is 0 Å². The third-order valence-electron chi connectivity index (χ3n) is 3.26. The van der Waals surface area contributed by atoms with E-state index in [0.29, 0.717) is 17.6 Å². The second-order valence-electron chi connectivity index (χ2n) is 4.30. The van der Waals surface area contributed by atoms with Gasteiger partial charge >= 0.3 is 0 Å². The number of ether oxygens (including phenoxy) is 1. The fourth-order valence-electron chi connectivity index (χ4n) is 2.51. The van der Waals surface area contributed by atoms with Crippen LogP contribution in [0.15, 0.2) is 0 Å².